The zero-order valence-electron chi connectivity index (χ0n) is 12.8. The summed E-state index contributed by atoms with van der Waals surface area (Å²) in [6.45, 7) is 2.49. The van der Waals surface area contributed by atoms with Gasteiger partial charge in [0.25, 0.3) is 5.69 Å². The molecule has 6 heteroatoms. The van der Waals surface area contributed by atoms with E-state index in [4.69, 9.17) is 0 Å². The molecule has 0 aromatic heterocycles. The zero-order valence-corrected chi connectivity index (χ0v) is 12.8. The topological polar surface area (TPSA) is 75.5 Å². The van der Waals surface area contributed by atoms with Gasteiger partial charge in [-0.05, 0) is 31.4 Å². The largest absolute Gasteiger partial charge is 0.385 e. The Labute approximate surface area is 130 Å². The van der Waals surface area contributed by atoms with Crippen LogP contribution in [0, 0.1) is 10.1 Å². The maximum absolute atomic E-state index is 12.1. The fourth-order valence-corrected chi connectivity index (χ4v) is 2.65. The van der Waals surface area contributed by atoms with Crippen LogP contribution in [0.3, 0.4) is 0 Å². The highest BCUT2D eigenvalue weighted by molar-refractivity contribution is 5.76. The van der Waals surface area contributed by atoms with Crippen LogP contribution in [0.15, 0.2) is 24.3 Å². The third kappa shape index (κ3) is 5.02. The van der Waals surface area contributed by atoms with Crippen LogP contribution in [0.2, 0.25) is 0 Å². The number of carbonyl (C=O) groups excluding carboxylic acids is 1. The number of likely N-dealkylation sites (tertiary alicyclic amines) is 1. The Morgan fingerprint density at radius 2 is 1.77 bits per heavy atom. The molecular weight excluding hydrogens is 282 g/mol. The van der Waals surface area contributed by atoms with Gasteiger partial charge in [-0.3, -0.25) is 14.9 Å². The lowest BCUT2D eigenvalue weighted by Crippen LogP contribution is -2.31. The van der Waals surface area contributed by atoms with Gasteiger partial charge in [-0.25, -0.2) is 0 Å². The first-order valence-electron chi connectivity index (χ1n) is 7.93. The van der Waals surface area contributed by atoms with Crippen LogP contribution in [0.1, 0.15) is 38.5 Å². The van der Waals surface area contributed by atoms with Crippen molar-refractivity contribution >= 4 is 17.3 Å². The van der Waals surface area contributed by atoms with E-state index in [0.29, 0.717) is 13.0 Å². The van der Waals surface area contributed by atoms with Gasteiger partial charge in [0.2, 0.25) is 5.91 Å². The number of benzene rings is 1. The van der Waals surface area contributed by atoms with E-state index in [-0.39, 0.29) is 11.6 Å². The fraction of sp³-hybridized carbons (Fsp3) is 0.562. The number of non-ortho nitro benzene ring substituents is 1. The van der Waals surface area contributed by atoms with Crippen LogP contribution < -0.4 is 5.32 Å². The molecule has 0 spiro atoms. The number of nitrogens with one attached hydrogen (secondary N) is 1. The third-order valence-corrected chi connectivity index (χ3v) is 3.93. The molecule has 1 fully saturated rings. The lowest BCUT2D eigenvalue weighted by molar-refractivity contribution is -0.384. The quantitative estimate of drug-likeness (QED) is 0.497. The third-order valence-electron chi connectivity index (χ3n) is 3.93. The summed E-state index contributed by atoms with van der Waals surface area (Å²) in [5.41, 5.74) is 0.926. The standard InChI is InChI=1S/C16H23N3O3/c20-16(18-12-3-1-2-4-13-18)6-5-11-17-14-7-9-15(10-8-14)19(21)22/h7-10,17H,1-6,11-13H2. The molecule has 0 atom stereocenters. The van der Waals surface area contributed by atoms with Crippen molar-refractivity contribution in [1.29, 1.82) is 0 Å². The monoisotopic (exact) mass is 305 g/mol. The highest BCUT2D eigenvalue weighted by atomic mass is 16.6. The minimum atomic E-state index is -0.413. The molecule has 1 amide bonds. The molecule has 2 rings (SSSR count). The molecule has 1 aliphatic heterocycles. The fourth-order valence-electron chi connectivity index (χ4n) is 2.65. The summed E-state index contributed by atoms with van der Waals surface area (Å²) in [7, 11) is 0. The van der Waals surface area contributed by atoms with Gasteiger partial charge in [0.15, 0.2) is 0 Å². The van der Waals surface area contributed by atoms with Gasteiger partial charge in [0.05, 0.1) is 4.92 Å². The Kier molecular flexibility index (Phi) is 6.18. The Bertz CT molecular complexity index is 494. The van der Waals surface area contributed by atoms with E-state index < -0.39 is 4.92 Å². The summed E-state index contributed by atoms with van der Waals surface area (Å²) in [4.78, 5) is 24.2. The van der Waals surface area contributed by atoms with Gasteiger partial charge in [-0.2, -0.15) is 0 Å². The lowest BCUT2D eigenvalue weighted by Gasteiger charge is -2.20. The first-order valence-corrected chi connectivity index (χ1v) is 7.93. The molecule has 1 heterocycles. The van der Waals surface area contributed by atoms with Crippen molar-refractivity contribution < 1.29 is 9.72 Å². The normalized spacial score (nSPS) is 15.2. The molecule has 6 nitrogen and oxygen atoms in total. The Balaban J connectivity index is 1.67. The second kappa shape index (κ2) is 8.36. The summed E-state index contributed by atoms with van der Waals surface area (Å²) in [5, 5.41) is 13.8. The molecule has 0 saturated carbocycles. The minimum Gasteiger partial charge on any atom is -0.385 e. The van der Waals surface area contributed by atoms with Crippen molar-refractivity contribution in [1.82, 2.24) is 4.90 Å². The van der Waals surface area contributed by atoms with E-state index in [0.717, 1.165) is 38.0 Å². The second-order valence-electron chi connectivity index (χ2n) is 5.63. The van der Waals surface area contributed by atoms with Gasteiger partial charge in [-0.1, -0.05) is 12.8 Å². The van der Waals surface area contributed by atoms with E-state index in [1.807, 2.05) is 4.90 Å². The number of carbonyl (C=O) groups is 1. The summed E-state index contributed by atoms with van der Waals surface area (Å²) in [6, 6.07) is 6.33. The molecule has 0 aliphatic carbocycles. The molecule has 0 radical (unpaired) electrons. The molecule has 1 aliphatic rings. The summed E-state index contributed by atoms with van der Waals surface area (Å²) in [5.74, 6) is 0.243. The minimum absolute atomic E-state index is 0.0851. The average molecular weight is 305 g/mol. The van der Waals surface area contributed by atoms with Crippen molar-refractivity contribution in [3.8, 4) is 0 Å². The maximum atomic E-state index is 12.1. The molecule has 120 valence electrons. The molecule has 1 saturated heterocycles. The summed E-state index contributed by atoms with van der Waals surface area (Å²) in [6.07, 6.45) is 6.02. The van der Waals surface area contributed by atoms with E-state index in [2.05, 4.69) is 5.32 Å². The maximum Gasteiger partial charge on any atom is 0.269 e. The highest BCUT2D eigenvalue weighted by Crippen LogP contribution is 2.15. The molecule has 1 aromatic rings. The number of anilines is 1. The smallest absolute Gasteiger partial charge is 0.269 e. The number of nitro groups is 1. The predicted molar refractivity (Wildman–Crippen MR) is 85.9 cm³/mol. The summed E-state index contributed by atoms with van der Waals surface area (Å²) >= 11 is 0. The van der Waals surface area contributed by atoms with Crippen molar-refractivity contribution in [3.63, 3.8) is 0 Å². The van der Waals surface area contributed by atoms with Gasteiger partial charge in [-0.15, -0.1) is 0 Å². The Morgan fingerprint density at radius 1 is 1.14 bits per heavy atom. The highest BCUT2D eigenvalue weighted by Gasteiger charge is 2.14. The van der Waals surface area contributed by atoms with Crippen LogP contribution >= 0.6 is 0 Å². The Morgan fingerprint density at radius 3 is 2.36 bits per heavy atom. The molecule has 0 bridgehead atoms. The van der Waals surface area contributed by atoms with Crippen LogP contribution in [-0.4, -0.2) is 35.4 Å². The van der Waals surface area contributed by atoms with Gasteiger partial charge >= 0.3 is 0 Å². The average Bonchev–Trinajstić information content (AvgIpc) is 2.81. The molecule has 1 N–H and O–H groups in total. The van der Waals surface area contributed by atoms with Crippen molar-refractivity contribution in [2.24, 2.45) is 0 Å². The molecule has 0 unspecified atom stereocenters. The lowest BCUT2D eigenvalue weighted by atomic mass is 10.2. The van der Waals surface area contributed by atoms with Gasteiger partial charge in [0.1, 0.15) is 0 Å². The number of rotatable bonds is 6. The van der Waals surface area contributed by atoms with E-state index in [9.17, 15) is 14.9 Å². The SMILES string of the molecule is O=C(CCCNc1ccc([N+](=O)[O-])cc1)N1CCCCCC1. The first kappa shape index (κ1) is 16.3. The number of hydrogen-bond acceptors (Lipinski definition) is 4. The second-order valence-corrected chi connectivity index (χ2v) is 5.63. The van der Waals surface area contributed by atoms with Crippen molar-refractivity contribution in [3.05, 3.63) is 34.4 Å². The molecular formula is C16H23N3O3. The zero-order chi connectivity index (χ0) is 15.8. The number of nitrogens with zero attached hydrogens (tertiary/aromatic N) is 2. The predicted octanol–water partition coefficient (Wildman–Crippen LogP) is 3.19. The van der Waals surface area contributed by atoms with Crippen molar-refractivity contribution in [2.45, 2.75) is 38.5 Å². The van der Waals surface area contributed by atoms with Crippen molar-refractivity contribution in [2.75, 3.05) is 25.0 Å². The number of hydrogen-bond donors (Lipinski definition) is 1. The van der Waals surface area contributed by atoms with Gasteiger partial charge in [0, 0.05) is 43.9 Å². The van der Waals surface area contributed by atoms with E-state index in [1.165, 1.54) is 25.0 Å². The van der Waals surface area contributed by atoms with Crippen LogP contribution in [0.25, 0.3) is 0 Å². The molecule has 22 heavy (non-hydrogen) atoms. The molecule has 1 aromatic carbocycles. The van der Waals surface area contributed by atoms with E-state index >= 15 is 0 Å². The van der Waals surface area contributed by atoms with Crippen LogP contribution in [0.4, 0.5) is 11.4 Å². The Hall–Kier alpha value is -2.11. The first-order chi connectivity index (χ1) is 10.7. The number of amides is 1. The summed E-state index contributed by atoms with van der Waals surface area (Å²) < 4.78 is 0. The van der Waals surface area contributed by atoms with Crippen LogP contribution in [0.5, 0.6) is 0 Å². The number of nitro benzene ring substituents is 1. The van der Waals surface area contributed by atoms with Crippen LogP contribution in [-0.2, 0) is 4.79 Å². The van der Waals surface area contributed by atoms with Gasteiger partial charge < -0.3 is 10.2 Å². The van der Waals surface area contributed by atoms with E-state index in [1.54, 1.807) is 12.1 Å².